The largest absolute Gasteiger partial charge is 0.303 e. The first-order valence-electron chi connectivity index (χ1n) is 7.85. The van der Waals surface area contributed by atoms with E-state index in [-0.39, 0.29) is 10.3 Å². The number of fused-ring (bicyclic) bond motifs is 1. The number of rotatable bonds is 7. The Labute approximate surface area is 137 Å². The molecule has 1 atom stereocenters. The van der Waals surface area contributed by atoms with Gasteiger partial charge >= 0.3 is 0 Å². The minimum atomic E-state index is -4.21. The van der Waals surface area contributed by atoms with E-state index in [0.717, 1.165) is 48.9 Å². The van der Waals surface area contributed by atoms with E-state index in [1.54, 1.807) is 12.1 Å². The van der Waals surface area contributed by atoms with Gasteiger partial charge in [0.1, 0.15) is 13.3 Å². The summed E-state index contributed by atoms with van der Waals surface area (Å²) in [4.78, 5) is 10.3. The molecule has 1 aliphatic heterocycles. The van der Waals surface area contributed by atoms with E-state index in [9.17, 15) is 17.8 Å². The van der Waals surface area contributed by atoms with Crippen LogP contribution < -0.4 is 0 Å². The highest BCUT2D eigenvalue weighted by atomic mass is 32.2. The van der Waals surface area contributed by atoms with Gasteiger partial charge in [-0.3, -0.25) is 4.55 Å². The van der Waals surface area contributed by atoms with Gasteiger partial charge in [0.05, 0.1) is 10.3 Å². The van der Waals surface area contributed by atoms with Gasteiger partial charge in [-0.1, -0.05) is 12.8 Å². The summed E-state index contributed by atoms with van der Waals surface area (Å²) in [6.45, 7) is 4.16. The van der Waals surface area contributed by atoms with E-state index in [2.05, 4.69) is 18.4 Å². The van der Waals surface area contributed by atoms with Gasteiger partial charge in [-0.05, 0) is 31.9 Å². The predicted molar refractivity (Wildman–Crippen MR) is 89.3 cm³/mol. The van der Waals surface area contributed by atoms with Crippen LogP contribution in [-0.4, -0.2) is 36.6 Å². The highest BCUT2D eigenvalue weighted by Crippen LogP contribution is 2.43. The Balaban J connectivity index is 2.33. The van der Waals surface area contributed by atoms with Gasteiger partial charge in [0.15, 0.2) is 5.71 Å². The van der Waals surface area contributed by atoms with Crippen molar-refractivity contribution >= 4 is 27.8 Å². The first-order valence-corrected chi connectivity index (χ1v) is 9.29. The molecule has 1 heterocycles. The molecule has 1 aromatic carbocycles. The highest BCUT2D eigenvalue weighted by Gasteiger charge is 2.45. The number of carbonyl (C=O) groups excluding carboxylic acids is 1. The van der Waals surface area contributed by atoms with Crippen LogP contribution in [0, 0.1) is 0 Å². The lowest BCUT2D eigenvalue weighted by molar-refractivity contribution is -0.403. The summed E-state index contributed by atoms with van der Waals surface area (Å²) >= 11 is 0. The topological polar surface area (TPSA) is 74.4 Å². The maximum Gasteiger partial charge on any atom is 0.294 e. The summed E-state index contributed by atoms with van der Waals surface area (Å²) in [5.41, 5.74) is 2.81. The molecule has 5 nitrogen and oxygen atoms in total. The van der Waals surface area contributed by atoms with E-state index < -0.39 is 10.1 Å². The first-order chi connectivity index (χ1) is 10.7. The molecule has 0 amide bonds. The predicted octanol–water partition coefficient (Wildman–Crippen LogP) is 3.09. The second kappa shape index (κ2) is 6.53. The molecule has 0 bridgehead atoms. The summed E-state index contributed by atoms with van der Waals surface area (Å²) in [5, 5.41) is 0. The van der Waals surface area contributed by atoms with Crippen molar-refractivity contribution < 1.29 is 22.3 Å². The third kappa shape index (κ3) is 3.38. The van der Waals surface area contributed by atoms with Gasteiger partial charge in [0.2, 0.25) is 5.69 Å². The van der Waals surface area contributed by atoms with Crippen molar-refractivity contribution in [1.29, 1.82) is 0 Å². The van der Waals surface area contributed by atoms with Gasteiger partial charge in [0.25, 0.3) is 10.1 Å². The molecule has 6 heteroatoms. The molecule has 0 aliphatic carbocycles. The van der Waals surface area contributed by atoms with E-state index in [1.165, 1.54) is 6.07 Å². The summed E-state index contributed by atoms with van der Waals surface area (Å²) in [7, 11) is -2.24. The average molecular weight is 338 g/mol. The van der Waals surface area contributed by atoms with E-state index >= 15 is 0 Å². The van der Waals surface area contributed by atoms with Crippen LogP contribution >= 0.6 is 0 Å². The van der Waals surface area contributed by atoms with E-state index in [4.69, 9.17) is 0 Å². The lowest BCUT2D eigenvalue weighted by atomic mass is 9.76. The fraction of sp³-hybridized carbons (Fsp3) is 0.529. The van der Waals surface area contributed by atoms with Crippen molar-refractivity contribution in [2.24, 2.45) is 0 Å². The minimum absolute atomic E-state index is 0.0634. The minimum Gasteiger partial charge on any atom is -0.303 e. The lowest BCUT2D eigenvalue weighted by Gasteiger charge is -2.22. The molecule has 1 N–H and O–H groups in total. The fourth-order valence-electron chi connectivity index (χ4n) is 3.35. The molecule has 126 valence electrons. The van der Waals surface area contributed by atoms with Crippen molar-refractivity contribution in [3.8, 4) is 0 Å². The molecule has 2 rings (SSSR count). The zero-order chi connectivity index (χ0) is 17.3. The van der Waals surface area contributed by atoms with Crippen LogP contribution in [0.2, 0.25) is 0 Å². The van der Waals surface area contributed by atoms with Gasteiger partial charge in [-0.2, -0.15) is 8.42 Å². The summed E-state index contributed by atoms with van der Waals surface area (Å²) in [6.07, 6.45) is 5.22. The molecule has 23 heavy (non-hydrogen) atoms. The van der Waals surface area contributed by atoms with Crippen LogP contribution in [0.3, 0.4) is 0 Å². The van der Waals surface area contributed by atoms with Gasteiger partial charge in [-0.15, -0.1) is 0 Å². The second-order valence-electron chi connectivity index (χ2n) is 6.40. The van der Waals surface area contributed by atoms with Crippen molar-refractivity contribution in [2.75, 3.05) is 7.05 Å². The maximum atomic E-state index is 11.4. The maximum absolute atomic E-state index is 11.4. The van der Waals surface area contributed by atoms with Crippen LogP contribution in [0.5, 0.6) is 0 Å². The SMILES string of the molecule is CC1=[N+](C)c2ccc(S(=O)(=O)O)cc2C1(C)CCCCCC=O. The van der Waals surface area contributed by atoms with Crippen molar-refractivity contribution in [3.63, 3.8) is 0 Å². The van der Waals surface area contributed by atoms with Crippen molar-refractivity contribution in [3.05, 3.63) is 23.8 Å². The molecule has 0 spiro atoms. The summed E-state index contributed by atoms with van der Waals surface area (Å²) in [6, 6.07) is 4.77. The van der Waals surface area contributed by atoms with E-state index in [0.29, 0.717) is 6.42 Å². The first kappa shape index (κ1) is 17.8. The Morgan fingerprint density at radius 3 is 2.57 bits per heavy atom. The molecular formula is C17H24NO4S+. The Morgan fingerprint density at radius 1 is 1.26 bits per heavy atom. The Bertz CT molecular complexity index is 752. The van der Waals surface area contributed by atoms with Gasteiger partial charge < -0.3 is 4.79 Å². The summed E-state index contributed by atoms with van der Waals surface area (Å²) in [5.74, 6) is 0. The quantitative estimate of drug-likeness (QED) is 0.359. The average Bonchev–Trinajstić information content (AvgIpc) is 2.68. The Hall–Kier alpha value is -1.53. The zero-order valence-corrected chi connectivity index (χ0v) is 14.7. The van der Waals surface area contributed by atoms with Crippen LogP contribution in [0.4, 0.5) is 5.69 Å². The lowest BCUT2D eigenvalue weighted by Crippen LogP contribution is -2.29. The van der Waals surface area contributed by atoms with Crippen LogP contribution in [0.25, 0.3) is 0 Å². The molecule has 1 aromatic rings. The van der Waals surface area contributed by atoms with Crippen LogP contribution in [0.15, 0.2) is 23.1 Å². The van der Waals surface area contributed by atoms with Crippen molar-refractivity contribution in [2.45, 2.75) is 56.3 Å². The number of unbranched alkanes of at least 4 members (excludes halogenated alkanes) is 3. The van der Waals surface area contributed by atoms with Crippen LogP contribution in [0.1, 0.15) is 51.5 Å². The third-order valence-electron chi connectivity index (χ3n) is 5.02. The normalized spacial score (nSPS) is 20.7. The number of nitrogens with zero attached hydrogens (tertiary/aromatic N) is 1. The molecule has 1 aliphatic rings. The number of hydrogen-bond acceptors (Lipinski definition) is 3. The van der Waals surface area contributed by atoms with Gasteiger partial charge in [0, 0.05) is 25.0 Å². The molecule has 0 saturated heterocycles. The van der Waals surface area contributed by atoms with Crippen LogP contribution in [-0.2, 0) is 20.3 Å². The summed E-state index contributed by atoms with van der Waals surface area (Å²) < 4.78 is 34.3. The molecular weight excluding hydrogens is 314 g/mol. The molecule has 1 unspecified atom stereocenters. The van der Waals surface area contributed by atoms with Crippen molar-refractivity contribution in [1.82, 2.24) is 0 Å². The fourth-order valence-corrected chi connectivity index (χ4v) is 3.86. The number of benzene rings is 1. The Morgan fingerprint density at radius 2 is 1.96 bits per heavy atom. The smallest absolute Gasteiger partial charge is 0.294 e. The second-order valence-corrected chi connectivity index (χ2v) is 7.82. The standard InChI is InChI=1S/C17H23NO4S/c1-13-17(2,10-6-4-5-7-11-19)15-12-14(23(20,21)22)8-9-16(15)18(13)3/h8-9,11-12H,4-7,10H2,1-3H3/p+1. The number of carbonyl (C=O) groups is 1. The highest BCUT2D eigenvalue weighted by molar-refractivity contribution is 7.85. The molecule has 0 fully saturated rings. The molecule has 0 aromatic heterocycles. The molecule has 0 radical (unpaired) electrons. The number of hydrogen-bond donors (Lipinski definition) is 1. The molecule has 0 saturated carbocycles. The zero-order valence-electron chi connectivity index (χ0n) is 13.9. The third-order valence-corrected chi connectivity index (χ3v) is 5.87. The Kier molecular flexibility index (Phi) is 5.06. The van der Waals surface area contributed by atoms with E-state index in [1.807, 2.05) is 7.05 Å². The van der Waals surface area contributed by atoms with Gasteiger partial charge in [-0.25, -0.2) is 4.58 Å². The monoisotopic (exact) mass is 338 g/mol. The number of aldehydes is 1.